The molecule has 0 N–H and O–H groups in total. The minimum absolute atomic E-state index is 1.16. The van der Waals surface area contributed by atoms with Crippen molar-refractivity contribution in [1.29, 1.82) is 0 Å². The lowest BCUT2D eigenvalue weighted by molar-refractivity contribution is 1.37. The van der Waals surface area contributed by atoms with E-state index in [4.69, 9.17) is 0 Å². The Labute approximate surface area is 202 Å². The predicted molar refractivity (Wildman–Crippen MR) is 147 cm³/mol. The monoisotopic (exact) mass is 486 g/mol. The van der Waals surface area contributed by atoms with Crippen LogP contribution in [0.1, 0.15) is 11.1 Å². The second kappa shape index (κ2) is 7.86. The van der Waals surface area contributed by atoms with E-state index in [1.807, 2.05) is 0 Å². The molecular formula is C32H23Br. The molecule has 0 aliphatic rings. The van der Waals surface area contributed by atoms with Gasteiger partial charge in [-0.25, -0.2) is 0 Å². The van der Waals surface area contributed by atoms with Crippen LogP contribution >= 0.6 is 15.9 Å². The molecule has 33 heavy (non-hydrogen) atoms. The SMILES string of the molecule is Cc1cc(-c2c3ccccc3c(-c3cccc4ccccc34)c3ccccc23)c(C)cc1Br. The highest BCUT2D eigenvalue weighted by atomic mass is 79.9. The summed E-state index contributed by atoms with van der Waals surface area (Å²) in [6.45, 7) is 4.38. The van der Waals surface area contributed by atoms with E-state index in [2.05, 4.69) is 133 Å². The molecule has 0 amide bonds. The van der Waals surface area contributed by atoms with Gasteiger partial charge in [0.25, 0.3) is 0 Å². The Bertz CT molecular complexity index is 1630. The molecule has 0 radical (unpaired) electrons. The molecule has 0 aromatic heterocycles. The minimum Gasteiger partial charge on any atom is -0.0616 e. The van der Waals surface area contributed by atoms with Crippen LogP contribution in [0.4, 0.5) is 0 Å². The quantitative estimate of drug-likeness (QED) is 0.213. The standard InChI is InChI=1S/C32H23Br/c1-20-19-30(33)21(2)18-29(20)32-27-15-7-5-13-25(27)31(26-14-6-8-16-28(26)32)24-17-9-11-22-10-3-4-12-23(22)24/h3-19H,1-2H3. The molecule has 1 heteroatoms. The summed E-state index contributed by atoms with van der Waals surface area (Å²) >= 11 is 3.72. The number of hydrogen-bond acceptors (Lipinski definition) is 0. The highest BCUT2D eigenvalue weighted by molar-refractivity contribution is 9.10. The third kappa shape index (κ3) is 3.19. The zero-order valence-corrected chi connectivity index (χ0v) is 20.3. The maximum absolute atomic E-state index is 3.72. The van der Waals surface area contributed by atoms with Crippen LogP contribution in [-0.2, 0) is 0 Å². The van der Waals surface area contributed by atoms with Gasteiger partial charge in [-0.3, -0.25) is 0 Å². The Morgan fingerprint density at radius 1 is 0.455 bits per heavy atom. The molecule has 0 fully saturated rings. The Hall–Kier alpha value is -3.42. The van der Waals surface area contributed by atoms with E-state index in [1.54, 1.807) is 0 Å². The smallest absolute Gasteiger partial charge is 0.0207 e. The van der Waals surface area contributed by atoms with E-state index in [1.165, 1.54) is 65.7 Å². The van der Waals surface area contributed by atoms with Gasteiger partial charge in [0.05, 0.1) is 0 Å². The van der Waals surface area contributed by atoms with Gasteiger partial charge in [0.1, 0.15) is 0 Å². The average Bonchev–Trinajstić information content (AvgIpc) is 2.85. The lowest BCUT2D eigenvalue weighted by atomic mass is 9.83. The average molecular weight is 487 g/mol. The second-order valence-electron chi connectivity index (χ2n) is 8.78. The normalized spacial score (nSPS) is 11.5. The van der Waals surface area contributed by atoms with Crippen LogP contribution in [0, 0.1) is 13.8 Å². The molecule has 0 unspecified atom stereocenters. The van der Waals surface area contributed by atoms with Crippen LogP contribution in [0.25, 0.3) is 54.6 Å². The van der Waals surface area contributed by atoms with Gasteiger partial charge in [-0.2, -0.15) is 0 Å². The fraction of sp³-hybridized carbons (Fsp3) is 0.0625. The van der Waals surface area contributed by atoms with Gasteiger partial charge in [-0.15, -0.1) is 0 Å². The van der Waals surface area contributed by atoms with Crippen LogP contribution in [-0.4, -0.2) is 0 Å². The molecule has 0 bridgehead atoms. The number of rotatable bonds is 2. The van der Waals surface area contributed by atoms with Crippen molar-refractivity contribution < 1.29 is 0 Å². The summed E-state index contributed by atoms with van der Waals surface area (Å²) in [6, 6.07) is 37.7. The van der Waals surface area contributed by atoms with E-state index in [0.717, 1.165) is 4.47 Å². The van der Waals surface area contributed by atoms with Gasteiger partial charge in [0.15, 0.2) is 0 Å². The molecule has 0 atom stereocenters. The number of benzene rings is 6. The summed E-state index contributed by atoms with van der Waals surface area (Å²) in [5.74, 6) is 0. The zero-order valence-electron chi connectivity index (χ0n) is 18.7. The van der Waals surface area contributed by atoms with Crippen molar-refractivity contribution in [1.82, 2.24) is 0 Å². The Kier molecular flexibility index (Phi) is 4.81. The molecule has 0 nitrogen and oxygen atoms in total. The molecule has 158 valence electrons. The number of aryl methyl sites for hydroxylation is 2. The van der Waals surface area contributed by atoms with Gasteiger partial charge in [-0.1, -0.05) is 113 Å². The fourth-order valence-corrected chi connectivity index (χ4v) is 5.66. The summed E-state index contributed by atoms with van der Waals surface area (Å²) in [5, 5.41) is 7.74. The van der Waals surface area contributed by atoms with Crippen molar-refractivity contribution in [2.75, 3.05) is 0 Å². The first-order valence-electron chi connectivity index (χ1n) is 11.3. The van der Waals surface area contributed by atoms with Crippen LogP contribution in [0.3, 0.4) is 0 Å². The van der Waals surface area contributed by atoms with Crippen LogP contribution in [0.5, 0.6) is 0 Å². The zero-order chi connectivity index (χ0) is 22.5. The summed E-state index contributed by atoms with van der Waals surface area (Å²) in [6.07, 6.45) is 0. The fourth-order valence-electron chi connectivity index (χ4n) is 5.20. The first-order chi connectivity index (χ1) is 16.1. The topological polar surface area (TPSA) is 0 Å². The highest BCUT2D eigenvalue weighted by Gasteiger charge is 2.19. The van der Waals surface area contributed by atoms with E-state index in [9.17, 15) is 0 Å². The van der Waals surface area contributed by atoms with Crippen molar-refractivity contribution >= 4 is 48.2 Å². The highest BCUT2D eigenvalue weighted by Crippen LogP contribution is 2.46. The van der Waals surface area contributed by atoms with E-state index in [-0.39, 0.29) is 0 Å². The number of fused-ring (bicyclic) bond motifs is 3. The Balaban J connectivity index is 1.83. The molecule has 0 heterocycles. The van der Waals surface area contributed by atoms with Crippen LogP contribution < -0.4 is 0 Å². The molecule has 6 aromatic rings. The molecule has 0 saturated heterocycles. The maximum atomic E-state index is 3.72. The van der Waals surface area contributed by atoms with Gasteiger partial charge in [-0.05, 0) is 85.6 Å². The molecule has 0 saturated carbocycles. The van der Waals surface area contributed by atoms with Crippen LogP contribution in [0.15, 0.2) is 108 Å². The van der Waals surface area contributed by atoms with Crippen molar-refractivity contribution in [2.24, 2.45) is 0 Å². The number of halogens is 1. The van der Waals surface area contributed by atoms with Gasteiger partial charge >= 0.3 is 0 Å². The van der Waals surface area contributed by atoms with Crippen molar-refractivity contribution in [3.8, 4) is 22.3 Å². The van der Waals surface area contributed by atoms with Crippen molar-refractivity contribution in [3.05, 3.63) is 119 Å². The lowest BCUT2D eigenvalue weighted by Crippen LogP contribution is -1.93. The van der Waals surface area contributed by atoms with Crippen molar-refractivity contribution in [3.63, 3.8) is 0 Å². The van der Waals surface area contributed by atoms with Gasteiger partial charge in [0, 0.05) is 4.47 Å². The molecule has 0 aliphatic heterocycles. The van der Waals surface area contributed by atoms with E-state index in [0.29, 0.717) is 0 Å². The second-order valence-corrected chi connectivity index (χ2v) is 9.64. The summed E-state index contributed by atoms with van der Waals surface area (Å²) in [5.41, 5.74) is 7.75. The van der Waals surface area contributed by atoms with Gasteiger partial charge in [0.2, 0.25) is 0 Å². The summed E-state index contributed by atoms with van der Waals surface area (Å²) in [4.78, 5) is 0. The summed E-state index contributed by atoms with van der Waals surface area (Å²) < 4.78 is 1.16. The van der Waals surface area contributed by atoms with Crippen LogP contribution in [0.2, 0.25) is 0 Å². The Morgan fingerprint density at radius 2 is 0.939 bits per heavy atom. The van der Waals surface area contributed by atoms with E-state index < -0.39 is 0 Å². The number of hydrogen-bond donors (Lipinski definition) is 0. The minimum atomic E-state index is 1.16. The Morgan fingerprint density at radius 3 is 1.55 bits per heavy atom. The first kappa shape index (κ1) is 20.2. The molecular weight excluding hydrogens is 464 g/mol. The first-order valence-corrected chi connectivity index (χ1v) is 12.1. The maximum Gasteiger partial charge on any atom is 0.0207 e. The van der Waals surface area contributed by atoms with Gasteiger partial charge < -0.3 is 0 Å². The van der Waals surface area contributed by atoms with Crippen molar-refractivity contribution in [2.45, 2.75) is 13.8 Å². The molecule has 6 aromatic carbocycles. The van der Waals surface area contributed by atoms with E-state index >= 15 is 0 Å². The lowest BCUT2D eigenvalue weighted by Gasteiger charge is -2.20. The molecule has 0 spiro atoms. The largest absolute Gasteiger partial charge is 0.0616 e. The third-order valence-corrected chi connectivity index (χ3v) is 7.62. The molecule has 6 rings (SSSR count). The predicted octanol–water partition coefficient (Wildman–Crippen LogP) is 9.86. The third-order valence-electron chi connectivity index (χ3n) is 6.77. The summed E-state index contributed by atoms with van der Waals surface area (Å²) in [7, 11) is 0. The molecule has 0 aliphatic carbocycles.